The molecular formula is C20H25BN4O9. The Kier molecular flexibility index (Phi) is 7.73. The van der Waals surface area contributed by atoms with E-state index in [1.807, 2.05) is 0 Å². The second-order valence-electron chi connectivity index (χ2n) is 7.78. The van der Waals surface area contributed by atoms with Gasteiger partial charge in [-0.2, -0.15) is 0 Å². The smallest absolute Gasteiger partial charge is 0.534 e. The summed E-state index contributed by atoms with van der Waals surface area (Å²) in [7, 11) is -1.57. The number of aliphatic hydroxyl groups excluding tert-OH is 1. The second-order valence-corrected chi connectivity index (χ2v) is 7.78. The van der Waals surface area contributed by atoms with Gasteiger partial charge in [0.1, 0.15) is 11.8 Å². The lowest BCUT2D eigenvalue weighted by molar-refractivity contribution is -0.153. The third kappa shape index (κ3) is 5.12. The Morgan fingerprint density at radius 2 is 1.97 bits per heavy atom. The molecule has 0 radical (unpaired) electrons. The lowest BCUT2D eigenvalue weighted by Crippen LogP contribution is -2.62. The number of likely N-dealkylation sites (N-methyl/N-ethyl adjacent to an activating group) is 1. The van der Waals surface area contributed by atoms with Crippen LogP contribution < -0.4 is 15.3 Å². The molecule has 13 nitrogen and oxygen atoms in total. The summed E-state index contributed by atoms with van der Waals surface area (Å²) < 4.78 is 5.33. The summed E-state index contributed by atoms with van der Waals surface area (Å²) in [4.78, 5) is 63.0. The number of hydrogen-bond acceptors (Lipinski definition) is 8. The van der Waals surface area contributed by atoms with Gasteiger partial charge in [0.15, 0.2) is 0 Å². The molecule has 0 aliphatic carbocycles. The van der Waals surface area contributed by atoms with Crippen LogP contribution in [-0.4, -0.2) is 100 Å². The average Bonchev–Trinajstić information content (AvgIpc) is 2.80. The molecule has 1 unspecified atom stereocenters. The molecule has 2 atom stereocenters. The first-order valence-electron chi connectivity index (χ1n) is 10.7. The minimum absolute atomic E-state index is 0.00242. The number of carbonyl (C=O) groups is 5. The van der Waals surface area contributed by atoms with Crippen molar-refractivity contribution in [2.24, 2.45) is 0 Å². The average molecular weight is 476 g/mol. The van der Waals surface area contributed by atoms with Crippen molar-refractivity contribution in [2.75, 3.05) is 26.2 Å². The zero-order chi connectivity index (χ0) is 25.0. The normalized spacial score (nSPS) is 18.7. The van der Waals surface area contributed by atoms with E-state index in [0.29, 0.717) is 17.0 Å². The highest BCUT2D eigenvalue weighted by molar-refractivity contribution is 6.47. The molecule has 1 fully saturated rings. The van der Waals surface area contributed by atoms with Gasteiger partial charge in [0, 0.05) is 26.2 Å². The van der Waals surface area contributed by atoms with Gasteiger partial charge < -0.3 is 35.4 Å². The molecule has 1 saturated heterocycles. The van der Waals surface area contributed by atoms with E-state index in [4.69, 9.17) is 4.65 Å². The Morgan fingerprint density at radius 1 is 1.24 bits per heavy atom. The molecular weight excluding hydrogens is 451 g/mol. The summed E-state index contributed by atoms with van der Waals surface area (Å²) in [6.45, 7) is 1.67. The van der Waals surface area contributed by atoms with E-state index >= 15 is 0 Å². The summed E-state index contributed by atoms with van der Waals surface area (Å²) in [6.07, 6.45) is -0.146. The fraction of sp³-hybridized carbons (Fsp3) is 0.450. The summed E-state index contributed by atoms with van der Waals surface area (Å²) >= 11 is 0. The predicted molar refractivity (Wildman–Crippen MR) is 116 cm³/mol. The number of benzene rings is 1. The first kappa shape index (κ1) is 25.0. The number of fused-ring (bicyclic) bond motifs is 1. The molecule has 2 aliphatic rings. The molecule has 34 heavy (non-hydrogen) atoms. The highest BCUT2D eigenvalue weighted by Gasteiger charge is 2.40. The fourth-order valence-electron chi connectivity index (χ4n) is 3.79. The maximum absolute atomic E-state index is 12.8. The number of piperazine rings is 1. The first-order valence-corrected chi connectivity index (χ1v) is 10.7. The molecule has 2 heterocycles. The van der Waals surface area contributed by atoms with Crippen LogP contribution in [0.1, 0.15) is 29.3 Å². The van der Waals surface area contributed by atoms with Crippen LogP contribution in [0.15, 0.2) is 18.2 Å². The number of nitrogens with zero attached hydrogens (tertiary/aromatic N) is 2. The van der Waals surface area contributed by atoms with Gasteiger partial charge in [-0.25, -0.2) is 9.59 Å². The van der Waals surface area contributed by atoms with Crippen LogP contribution in [0.25, 0.3) is 0 Å². The summed E-state index contributed by atoms with van der Waals surface area (Å²) in [6, 6.07) is 2.20. The SMILES string of the molecule is CCN1CCN(C(=O)NC(CCO)C(=O)N[C@H]2Cc3cccc(C(=O)O)c3OB2O)C(=O)C1=O. The Morgan fingerprint density at radius 3 is 2.62 bits per heavy atom. The number of imide groups is 1. The minimum atomic E-state index is -1.57. The molecule has 5 amide bonds. The first-order chi connectivity index (χ1) is 16.2. The predicted octanol–water partition coefficient (Wildman–Crippen LogP) is -2.02. The number of nitrogens with one attached hydrogen (secondary N) is 2. The van der Waals surface area contributed by atoms with Gasteiger partial charge in [-0.3, -0.25) is 19.3 Å². The monoisotopic (exact) mass is 476 g/mol. The van der Waals surface area contributed by atoms with E-state index in [-0.39, 0.29) is 37.2 Å². The third-order valence-electron chi connectivity index (χ3n) is 5.64. The van der Waals surface area contributed by atoms with Crippen LogP contribution in [-0.2, 0) is 20.8 Å². The Bertz CT molecular complexity index is 1000. The van der Waals surface area contributed by atoms with Crippen molar-refractivity contribution in [3.63, 3.8) is 0 Å². The molecule has 0 bridgehead atoms. The molecule has 0 spiro atoms. The lowest BCUT2D eigenvalue weighted by atomic mass is 9.72. The highest BCUT2D eigenvalue weighted by Crippen LogP contribution is 2.30. The van der Waals surface area contributed by atoms with Crippen LogP contribution in [0.3, 0.4) is 0 Å². The van der Waals surface area contributed by atoms with E-state index in [1.54, 1.807) is 13.0 Å². The number of carboxylic acid groups (broad SMARTS) is 1. The van der Waals surface area contributed by atoms with Gasteiger partial charge in [0.25, 0.3) is 0 Å². The number of para-hydroxylation sites is 1. The van der Waals surface area contributed by atoms with Crippen molar-refractivity contribution >= 4 is 36.8 Å². The zero-order valence-corrected chi connectivity index (χ0v) is 18.4. The lowest BCUT2D eigenvalue weighted by Gasteiger charge is -2.33. The number of hydrogen-bond donors (Lipinski definition) is 5. The summed E-state index contributed by atoms with van der Waals surface area (Å²) in [5.41, 5.74) is 0.324. The van der Waals surface area contributed by atoms with Gasteiger partial charge >= 0.3 is 30.9 Å². The van der Waals surface area contributed by atoms with Crippen molar-refractivity contribution in [2.45, 2.75) is 31.7 Å². The number of rotatable bonds is 7. The molecule has 5 N–H and O–H groups in total. The number of aliphatic hydroxyl groups is 1. The maximum atomic E-state index is 12.8. The second kappa shape index (κ2) is 10.5. The maximum Gasteiger partial charge on any atom is 0.547 e. The number of amides is 5. The Balaban J connectivity index is 1.68. The number of carboxylic acids is 1. The topological polar surface area (TPSA) is 186 Å². The molecule has 2 aliphatic heterocycles. The van der Waals surface area contributed by atoms with Gasteiger partial charge in [-0.1, -0.05) is 12.1 Å². The molecule has 0 aromatic heterocycles. The van der Waals surface area contributed by atoms with Crippen LogP contribution in [0, 0.1) is 0 Å². The van der Waals surface area contributed by atoms with Crippen LogP contribution >= 0.6 is 0 Å². The zero-order valence-electron chi connectivity index (χ0n) is 18.4. The van der Waals surface area contributed by atoms with Crippen molar-refractivity contribution in [3.05, 3.63) is 29.3 Å². The van der Waals surface area contributed by atoms with Crippen LogP contribution in [0.4, 0.5) is 4.79 Å². The van der Waals surface area contributed by atoms with Gasteiger partial charge in [0.05, 0.1) is 11.5 Å². The van der Waals surface area contributed by atoms with Crippen molar-refractivity contribution in [3.8, 4) is 5.75 Å². The standard InChI is InChI=1S/C20H25BN4O9/c1-2-24-7-8-25(18(29)17(24)28)20(32)22-13(6-9-26)16(27)23-14-10-11-4-3-5-12(19(30)31)15(11)34-21(14)33/h3-5,13-14,26,33H,2,6-10H2,1H3,(H,22,32)(H,23,27)(H,30,31)/t13?,14-/m0/s1. The Labute approximate surface area is 194 Å². The quantitative estimate of drug-likeness (QED) is 0.219. The van der Waals surface area contributed by atoms with E-state index in [1.165, 1.54) is 17.0 Å². The third-order valence-corrected chi connectivity index (χ3v) is 5.64. The number of carbonyl (C=O) groups excluding carboxylic acids is 4. The Hall–Kier alpha value is -3.65. The summed E-state index contributed by atoms with van der Waals surface area (Å²) in [5.74, 6) is -4.81. The molecule has 14 heteroatoms. The number of aromatic carboxylic acids is 1. The molecule has 0 saturated carbocycles. The van der Waals surface area contributed by atoms with E-state index in [9.17, 15) is 39.2 Å². The minimum Gasteiger partial charge on any atom is -0.534 e. The molecule has 3 rings (SSSR count). The molecule has 182 valence electrons. The summed E-state index contributed by atoms with van der Waals surface area (Å²) in [5, 5.41) is 33.8. The van der Waals surface area contributed by atoms with Crippen molar-refractivity contribution in [1.82, 2.24) is 20.4 Å². The van der Waals surface area contributed by atoms with Crippen molar-refractivity contribution < 1.29 is 43.9 Å². The van der Waals surface area contributed by atoms with Gasteiger partial charge in [-0.05, 0) is 31.4 Å². The highest BCUT2D eigenvalue weighted by atomic mass is 16.5. The number of urea groups is 1. The van der Waals surface area contributed by atoms with E-state index < -0.39 is 55.4 Å². The van der Waals surface area contributed by atoms with Crippen molar-refractivity contribution in [1.29, 1.82) is 0 Å². The molecule has 1 aromatic rings. The van der Waals surface area contributed by atoms with Gasteiger partial charge in [0.2, 0.25) is 5.91 Å². The van der Waals surface area contributed by atoms with E-state index in [2.05, 4.69) is 10.6 Å². The molecule has 1 aromatic carbocycles. The largest absolute Gasteiger partial charge is 0.547 e. The van der Waals surface area contributed by atoms with Crippen LogP contribution in [0.5, 0.6) is 5.75 Å². The van der Waals surface area contributed by atoms with Gasteiger partial charge in [-0.15, -0.1) is 0 Å². The van der Waals surface area contributed by atoms with Crippen LogP contribution in [0.2, 0.25) is 0 Å². The van der Waals surface area contributed by atoms with E-state index in [0.717, 1.165) is 0 Å². The fourth-order valence-corrected chi connectivity index (χ4v) is 3.79.